The Morgan fingerprint density at radius 3 is 1.37 bits per heavy atom. The molecule has 2 fully saturated rings. The molecule has 2 aliphatic carbocycles. The van der Waals surface area contributed by atoms with Crippen LogP contribution in [0.5, 0.6) is 0 Å². The Bertz CT molecular complexity index is 752. The lowest BCUT2D eigenvalue weighted by molar-refractivity contribution is 0.273. The molecule has 2 aromatic carbocycles. The van der Waals surface area contributed by atoms with Crippen LogP contribution in [0.25, 0.3) is 0 Å². The first kappa shape index (κ1) is 21.7. The molecule has 0 aliphatic heterocycles. The summed E-state index contributed by atoms with van der Waals surface area (Å²) in [7, 11) is -3.30. The largest absolute Gasteiger partial charge is 0.410 e. The molecule has 2 aliphatic rings. The lowest BCUT2D eigenvalue weighted by Gasteiger charge is -2.40. The van der Waals surface area contributed by atoms with E-state index in [1.807, 2.05) is 0 Å². The van der Waals surface area contributed by atoms with Crippen molar-refractivity contribution in [3.8, 4) is 0 Å². The van der Waals surface area contributed by atoms with E-state index >= 15 is 0 Å². The number of nitrogens with one attached hydrogen (secondary N) is 2. The summed E-state index contributed by atoms with van der Waals surface area (Å²) >= 11 is 0. The first-order valence-electron chi connectivity index (χ1n) is 12.0. The molecule has 4 atom stereocenters. The van der Waals surface area contributed by atoms with Gasteiger partial charge >= 0.3 is 0 Å². The van der Waals surface area contributed by atoms with Gasteiger partial charge in [0.05, 0.1) is 0 Å². The maximum Gasteiger partial charge on any atom is 0.151 e. The Morgan fingerprint density at radius 2 is 1.00 bits per heavy atom. The van der Waals surface area contributed by atoms with Gasteiger partial charge in [-0.25, -0.2) is 0 Å². The van der Waals surface area contributed by atoms with Crippen LogP contribution >= 0.6 is 0 Å². The van der Waals surface area contributed by atoms with Gasteiger partial charge in [-0.1, -0.05) is 95.2 Å². The van der Waals surface area contributed by atoms with E-state index < -0.39 is 16.5 Å². The summed E-state index contributed by atoms with van der Waals surface area (Å²) in [4.78, 5) is 8.16. The molecule has 0 aromatic heterocycles. The molecule has 2 aromatic rings. The highest BCUT2D eigenvalue weighted by Gasteiger charge is 2.58. The second kappa shape index (κ2) is 8.54. The highest BCUT2D eigenvalue weighted by molar-refractivity contribution is 6.84. The summed E-state index contributed by atoms with van der Waals surface area (Å²) in [5.41, 5.74) is 4.32. The first-order valence-corrected chi connectivity index (χ1v) is 18.1. The van der Waals surface area contributed by atoms with Gasteiger partial charge in [-0.15, -0.1) is 0 Å². The minimum atomic E-state index is -1.65. The van der Waals surface area contributed by atoms with Crippen molar-refractivity contribution in [2.45, 2.75) is 69.9 Å². The van der Waals surface area contributed by atoms with Gasteiger partial charge in [0, 0.05) is 11.4 Å². The van der Waals surface area contributed by atoms with Crippen LogP contribution in [0.15, 0.2) is 60.7 Å². The molecule has 0 heterocycles. The van der Waals surface area contributed by atoms with Crippen molar-refractivity contribution in [1.82, 2.24) is 0 Å². The van der Waals surface area contributed by atoms with Crippen molar-refractivity contribution in [3.63, 3.8) is 0 Å². The van der Waals surface area contributed by atoms with E-state index in [2.05, 4.69) is 104 Å². The van der Waals surface area contributed by atoms with Crippen molar-refractivity contribution in [1.29, 1.82) is 0 Å². The molecule has 0 radical (unpaired) electrons. The first-order chi connectivity index (χ1) is 14.3. The fourth-order valence-corrected chi connectivity index (χ4v) is 15.8. The molecular formula is C26H40N2Si2. The van der Waals surface area contributed by atoms with Gasteiger partial charge in [-0.3, -0.25) is 0 Å². The Kier molecular flexibility index (Phi) is 6.18. The maximum absolute atomic E-state index is 4.08. The summed E-state index contributed by atoms with van der Waals surface area (Å²) in [6, 6.07) is 21.9. The molecule has 30 heavy (non-hydrogen) atoms. The zero-order valence-corrected chi connectivity index (χ0v) is 21.5. The molecule has 0 amide bonds. The van der Waals surface area contributed by atoms with Crippen molar-refractivity contribution in [3.05, 3.63) is 60.7 Å². The van der Waals surface area contributed by atoms with E-state index in [1.54, 1.807) is 0 Å². The van der Waals surface area contributed by atoms with Crippen LogP contribution in [0.1, 0.15) is 32.6 Å². The van der Waals surface area contributed by atoms with Crippen LogP contribution in [0.4, 0.5) is 11.4 Å². The van der Waals surface area contributed by atoms with Gasteiger partial charge in [-0.05, 0) is 53.1 Å². The quantitative estimate of drug-likeness (QED) is 0.451. The van der Waals surface area contributed by atoms with Gasteiger partial charge in [0.25, 0.3) is 0 Å². The molecule has 0 bridgehead atoms. The van der Waals surface area contributed by atoms with E-state index in [0.717, 1.165) is 28.8 Å². The molecule has 4 rings (SSSR count). The van der Waals surface area contributed by atoms with Crippen LogP contribution in [0.3, 0.4) is 0 Å². The summed E-state index contributed by atoms with van der Waals surface area (Å²) in [5.74, 6) is 2.59. The van der Waals surface area contributed by atoms with E-state index in [0.29, 0.717) is 0 Å². The number of fused-ring (bicyclic) bond motifs is 1. The average Bonchev–Trinajstić information content (AvgIpc) is 3.02. The Morgan fingerprint density at radius 1 is 0.633 bits per heavy atom. The van der Waals surface area contributed by atoms with E-state index in [9.17, 15) is 0 Å². The van der Waals surface area contributed by atoms with Gasteiger partial charge in [0.1, 0.15) is 0 Å². The van der Waals surface area contributed by atoms with Crippen molar-refractivity contribution in [2.75, 3.05) is 9.96 Å². The zero-order valence-electron chi connectivity index (χ0n) is 19.5. The molecule has 0 saturated heterocycles. The fraction of sp³-hybridized carbons (Fsp3) is 0.538. The average molecular weight is 437 g/mol. The van der Waals surface area contributed by atoms with E-state index in [1.165, 1.54) is 37.1 Å². The Hall–Kier alpha value is -1.53. The number of hydrogen-bond acceptors (Lipinski definition) is 2. The third kappa shape index (κ3) is 4.26. The van der Waals surface area contributed by atoms with E-state index in [4.69, 9.17) is 0 Å². The summed E-state index contributed by atoms with van der Waals surface area (Å²) in [5, 5.41) is 0. The minimum Gasteiger partial charge on any atom is -0.410 e. The maximum atomic E-state index is 4.08. The molecule has 0 spiro atoms. The van der Waals surface area contributed by atoms with E-state index in [-0.39, 0.29) is 0 Å². The third-order valence-electron chi connectivity index (χ3n) is 8.08. The number of rotatable bonds is 6. The van der Waals surface area contributed by atoms with Crippen LogP contribution in [-0.4, -0.2) is 16.5 Å². The van der Waals surface area contributed by atoms with Gasteiger partial charge < -0.3 is 9.96 Å². The molecule has 2 nitrogen and oxygen atoms in total. The number of anilines is 2. The molecule has 2 N–H and O–H groups in total. The second-order valence-corrected chi connectivity index (χ2v) is 19.7. The second-order valence-electron chi connectivity index (χ2n) is 10.9. The van der Waals surface area contributed by atoms with Crippen molar-refractivity contribution < 1.29 is 0 Å². The van der Waals surface area contributed by atoms with Crippen LogP contribution in [0, 0.1) is 17.8 Å². The Balaban J connectivity index is 1.62. The monoisotopic (exact) mass is 436 g/mol. The molecular weight excluding hydrogens is 396 g/mol. The van der Waals surface area contributed by atoms with Gasteiger partial charge in [-0.2, -0.15) is 0 Å². The lowest BCUT2D eigenvalue weighted by Crippen LogP contribution is -2.48. The van der Waals surface area contributed by atoms with Crippen LogP contribution < -0.4 is 9.96 Å². The SMILES string of the molecule is CC1C([Si](C)(C)Nc2ccccc2)C2CCCCC2C1[Si](C)(C)Nc1ccccc1. The standard InChI is InChI=1S/C26H40N2Si2/c1-20-25(29(2,3)27-21-14-8-6-9-15-21)23-18-12-13-19-24(23)26(20)30(4,5)28-22-16-10-7-11-17-22/h6-11,14-17,20,23-28H,12-13,18-19H2,1-5H3. The van der Waals surface area contributed by atoms with Crippen molar-refractivity contribution in [2.24, 2.45) is 17.8 Å². The molecule has 2 saturated carbocycles. The summed E-state index contributed by atoms with van der Waals surface area (Å²) in [6.07, 6.45) is 5.75. The number of benzene rings is 2. The smallest absolute Gasteiger partial charge is 0.151 e. The highest BCUT2D eigenvalue weighted by Crippen LogP contribution is 2.63. The molecule has 4 unspecified atom stereocenters. The van der Waals surface area contributed by atoms with Gasteiger partial charge in [0.2, 0.25) is 0 Å². The predicted octanol–water partition coefficient (Wildman–Crippen LogP) is 7.82. The number of hydrogen-bond donors (Lipinski definition) is 2. The van der Waals surface area contributed by atoms with Crippen LogP contribution in [0.2, 0.25) is 37.3 Å². The summed E-state index contributed by atoms with van der Waals surface area (Å²) in [6.45, 7) is 13.0. The zero-order chi connectivity index (χ0) is 21.4. The fourth-order valence-electron chi connectivity index (χ4n) is 7.42. The molecule has 162 valence electrons. The van der Waals surface area contributed by atoms with Crippen molar-refractivity contribution >= 4 is 27.8 Å². The lowest BCUT2D eigenvalue weighted by atomic mass is 9.81. The normalized spacial score (nSPS) is 29.3. The predicted molar refractivity (Wildman–Crippen MR) is 137 cm³/mol. The highest BCUT2D eigenvalue weighted by atomic mass is 28.3. The van der Waals surface area contributed by atoms with Crippen LogP contribution in [-0.2, 0) is 0 Å². The minimum absolute atomic E-state index is 0.786. The Labute approximate surface area is 186 Å². The molecule has 4 heteroatoms. The summed E-state index contributed by atoms with van der Waals surface area (Å²) < 4.78 is 0. The third-order valence-corrected chi connectivity index (χ3v) is 15.2. The van der Waals surface area contributed by atoms with Gasteiger partial charge in [0.15, 0.2) is 16.5 Å². The topological polar surface area (TPSA) is 24.1 Å². The number of para-hydroxylation sites is 2.